The second-order valence-electron chi connectivity index (χ2n) is 7.21. The van der Waals surface area contributed by atoms with Crippen molar-refractivity contribution in [3.05, 3.63) is 70.4 Å². The van der Waals surface area contributed by atoms with Gasteiger partial charge in [0.05, 0.1) is 17.9 Å². The Bertz CT molecular complexity index is 1010. The van der Waals surface area contributed by atoms with Crippen molar-refractivity contribution in [3.8, 4) is 0 Å². The largest absolute Gasteiger partial charge is 0.462 e. The smallest absolute Gasteiger partial charge is 0.340 e. The van der Waals surface area contributed by atoms with E-state index >= 15 is 0 Å². The zero-order valence-electron chi connectivity index (χ0n) is 17.6. The number of esters is 1. The van der Waals surface area contributed by atoms with Gasteiger partial charge in [0, 0.05) is 5.69 Å². The van der Waals surface area contributed by atoms with Gasteiger partial charge in [-0.15, -0.1) is 0 Å². The molecule has 3 rings (SSSR count). The van der Waals surface area contributed by atoms with Crippen LogP contribution < -0.4 is 10.2 Å². The van der Waals surface area contributed by atoms with Gasteiger partial charge in [-0.1, -0.05) is 56.1 Å². The Hall–Kier alpha value is -3.12. The molecule has 0 spiro atoms. The standard InChI is InChI=1S/C24H25ClN2O4/c1-3-5-8-16-11-13-17(14-12-16)26-21-20(25)22(28)27(23(21)29)19-10-7-6-9-18(19)24(30)31-15-4-2/h6-7,9-14,26H,3-5,8,15H2,1-2H3. The fourth-order valence-electron chi connectivity index (χ4n) is 3.22. The van der Waals surface area contributed by atoms with E-state index in [4.69, 9.17) is 16.3 Å². The minimum Gasteiger partial charge on any atom is -0.462 e. The number of imide groups is 1. The number of anilines is 2. The fraction of sp³-hybridized carbons (Fsp3) is 0.292. The maximum Gasteiger partial charge on any atom is 0.340 e. The van der Waals surface area contributed by atoms with Crippen LogP contribution >= 0.6 is 11.6 Å². The molecule has 2 amide bonds. The van der Waals surface area contributed by atoms with Gasteiger partial charge in [0.1, 0.15) is 10.7 Å². The molecule has 7 heteroatoms. The predicted molar refractivity (Wildman–Crippen MR) is 121 cm³/mol. The molecular weight excluding hydrogens is 416 g/mol. The molecule has 162 valence electrons. The van der Waals surface area contributed by atoms with Gasteiger partial charge in [0.25, 0.3) is 11.8 Å². The summed E-state index contributed by atoms with van der Waals surface area (Å²) in [5, 5.41) is 2.73. The zero-order chi connectivity index (χ0) is 22.4. The lowest BCUT2D eigenvalue weighted by Crippen LogP contribution is -2.33. The van der Waals surface area contributed by atoms with E-state index in [-0.39, 0.29) is 28.6 Å². The molecule has 0 aromatic heterocycles. The molecule has 0 saturated carbocycles. The summed E-state index contributed by atoms with van der Waals surface area (Å²) in [5.74, 6) is -1.91. The normalized spacial score (nSPS) is 13.7. The third-order valence-electron chi connectivity index (χ3n) is 4.87. The van der Waals surface area contributed by atoms with Crippen molar-refractivity contribution >= 4 is 40.8 Å². The molecule has 0 fully saturated rings. The van der Waals surface area contributed by atoms with Crippen molar-refractivity contribution < 1.29 is 19.1 Å². The van der Waals surface area contributed by atoms with Crippen LogP contribution in [-0.2, 0) is 20.7 Å². The van der Waals surface area contributed by atoms with Crippen molar-refractivity contribution in [3.63, 3.8) is 0 Å². The lowest BCUT2D eigenvalue weighted by Gasteiger charge is -2.18. The second-order valence-corrected chi connectivity index (χ2v) is 7.59. The topological polar surface area (TPSA) is 75.7 Å². The van der Waals surface area contributed by atoms with Gasteiger partial charge in [0.15, 0.2) is 0 Å². The first kappa shape index (κ1) is 22.6. The first-order chi connectivity index (χ1) is 15.0. The molecule has 0 aliphatic carbocycles. The molecule has 0 radical (unpaired) electrons. The number of ether oxygens (including phenoxy) is 1. The van der Waals surface area contributed by atoms with Crippen LogP contribution in [0.2, 0.25) is 0 Å². The molecule has 6 nitrogen and oxygen atoms in total. The number of rotatable bonds is 9. The fourth-order valence-corrected chi connectivity index (χ4v) is 3.44. The van der Waals surface area contributed by atoms with E-state index in [9.17, 15) is 14.4 Å². The molecule has 0 atom stereocenters. The van der Waals surface area contributed by atoms with E-state index < -0.39 is 17.8 Å². The van der Waals surface area contributed by atoms with Gasteiger partial charge in [-0.2, -0.15) is 0 Å². The highest BCUT2D eigenvalue weighted by atomic mass is 35.5. The van der Waals surface area contributed by atoms with Crippen LogP contribution in [0.1, 0.15) is 49.0 Å². The summed E-state index contributed by atoms with van der Waals surface area (Å²) < 4.78 is 5.19. The minimum atomic E-state index is -0.690. The molecule has 1 aliphatic rings. The van der Waals surface area contributed by atoms with Crippen LogP contribution in [0.4, 0.5) is 11.4 Å². The van der Waals surface area contributed by atoms with Gasteiger partial charge in [0.2, 0.25) is 0 Å². The van der Waals surface area contributed by atoms with Crippen LogP contribution in [0.15, 0.2) is 59.3 Å². The van der Waals surface area contributed by atoms with Crippen LogP contribution in [-0.4, -0.2) is 24.4 Å². The van der Waals surface area contributed by atoms with E-state index in [0.29, 0.717) is 12.1 Å². The number of benzene rings is 2. The van der Waals surface area contributed by atoms with E-state index in [0.717, 1.165) is 24.2 Å². The molecule has 2 aromatic rings. The Morgan fingerprint density at radius 2 is 1.71 bits per heavy atom. The number of halogens is 1. The summed E-state index contributed by atoms with van der Waals surface area (Å²) in [5.41, 5.74) is 2.09. The number of carbonyl (C=O) groups excluding carboxylic acids is 3. The Balaban J connectivity index is 1.83. The van der Waals surface area contributed by atoms with Crippen LogP contribution in [0.3, 0.4) is 0 Å². The zero-order valence-corrected chi connectivity index (χ0v) is 18.4. The Morgan fingerprint density at radius 3 is 2.39 bits per heavy atom. The molecule has 0 bridgehead atoms. The third-order valence-corrected chi connectivity index (χ3v) is 5.22. The maximum atomic E-state index is 13.1. The number of aryl methyl sites for hydroxylation is 1. The number of nitrogens with one attached hydrogen (secondary N) is 1. The first-order valence-corrected chi connectivity index (χ1v) is 10.8. The maximum absolute atomic E-state index is 13.1. The van der Waals surface area contributed by atoms with E-state index in [1.807, 2.05) is 31.2 Å². The van der Waals surface area contributed by atoms with E-state index in [1.54, 1.807) is 12.1 Å². The van der Waals surface area contributed by atoms with Gasteiger partial charge >= 0.3 is 5.97 Å². The SMILES string of the molecule is CCCCc1ccc(NC2=C(Cl)C(=O)N(c3ccccc3C(=O)OCCC)C2=O)cc1. The summed E-state index contributed by atoms with van der Waals surface area (Å²) in [7, 11) is 0. The van der Waals surface area contributed by atoms with Gasteiger partial charge in [-0.25, -0.2) is 9.69 Å². The minimum absolute atomic E-state index is 0.0234. The lowest BCUT2D eigenvalue weighted by atomic mass is 10.1. The van der Waals surface area contributed by atoms with Crippen LogP contribution in [0.5, 0.6) is 0 Å². The number of para-hydroxylation sites is 1. The molecule has 31 heavy (non-hydrogen) atoms. The van der Waals surface area contributed by atoms with Crippen molar-refractivity contribution in [2.45, 2.75) is 39.5 Å². The van der Waals surface area contributed by atoms with E-state index in [1.165, 1.54) is 17.7 Å². The number of amides is 2. The Kier molecular flexibility index (Phi) is 7.47. The first-order valence-electron chi connectivity index (χ1n) is 10.4. The van der Waals surface area contributed by atoms with Crippen molar-refractivity contribution in [2.75, 3.05) is 16.8 Å². The molecule has 0 unspecified atom stereocenters. The molecule has 0 saturated heterocycles. The molecule has 1 heterocycles. The number of unbranched alkanes of at least 4 members (excludes halogenated alkanes) is 1. The second kappa shape index (κ2) is 10.3. The van der Waals surface area contributed by atoms with Crippen LogP contribution in [0, 0.1) is 0 Å². The van der Waals surface area contributed by atoms with E-state index in [2.05, 4.69) is 12.2 Å². The molecule has 1 aliphatic heterocycles. The molecular formula is C24H25ClN2O4. The van der Waals surface area contributed by atoms with Gasteiger partial charge in [-0.3, -0.25) is 9.59 Å². The van der Waals surface area contributed by atoms with Crippen molar-refractivity contribution in [1.82, 2.24) is 0 Å². The molecule has 2 aromatic carbocycles. The summed E-state index contributed by atoms with van der Waals surface area (Å²) in [6.45, 7) is 4.26. The van der Waals surface area contributed by atoms with Crippen LogP contribution in [0.25, 0.3) is 0 Å². The van der Waals surface area contributed by atoms with Gasteiger partial charge < -0.3 is 10.1 Å². The number of hydrogen-bond donors (Lipinski definition) is 1. The summed E-state index contributed by atoms with van der Waals surface area (Å²) >= 11 is 6.22. The number of carbonyl (C=O) groups is 3. The average Bonchev–Trinajstić information content (AvgIpc) is 3.00. The highest BCUT2D eigenvalue weighted by molar-refractivity contribution is 6.53. The third kappa shape index (κ3) is 4.97. The summed E-state index contributed by atoms with van der Waals surface area (Å²) in [6.07, 6.45) is 3.86. The quantitative estimate of drug-likeness (QED) is 0.437. The molecule has 1 N–H and O–H groups in total. The summed E-state index contributed by atoms with van der Waals surface area (Å²) in [6, 6.07) is 14.0. The van der Waals surface area contributed by atoms with Gasteiger partial charge in [-0.05, 0) is 49.1 Å². The Morgan fingerprint density at radius 1 is 1.00 bits per heavy atom. The van der Waals surface area contributed by atoms with Crippen molar-refractivity contribution in [1.29, 1.82) is 0 Å². The highest BCUT2D eigenvalue weighted by Gasteiger charge is 2.40. The average molecular weight is 441 g/mol. The summed E-state index contributed by atoms with van der Waals surface area (Å²) in [4.78, 5) is 39.2. The Labute approximate surface area is 186 Å². The number of hydrogen-bond acceptors (Lipinski definition) is 5. The highest BCUT2D eigenvalue weighted by Crippen LogP contribution is 2.32. The monoisotopic (exact) mass is 440 g/mol. The predicted octanol–water partition coefficient (Wildman–Crippen LogP) is 5.03. The van der Waals surface area contributed by atoms with Crippen molar-refractivity contribution in [2.24, 2.45) is 0 Å². The lowest BCUT2D eigenvalue weighted by molar-refractivity contribution is -0.120. The number of nitrogens with zero attached hydrogens (tertiary/aromatic N) is 1.